The van der Waals surface area contributed by atoms with Crippen molar-refractivity contribution in [1.29, 1.82) is 0 Å². The molecule has 5 aromatic rings. The van der Waals surface area contributed by atoms with Crippen LogP contribution in [-0.2, 0) is 16.6 Å². The highest BCUT2D eigenvalue weighted by atomic mass is 16.4. The molecule has 1 fully saturated rings. The highest BCUT2D eigenvalue weighted by Gasteiger charge is 2.33. The predicted octanol–water partition coefficient (Wildman–Crippen LogP) is 6.19. The van der Waals surface area contributed by atoms with Crippen molar-refractivity contribution >= 4 is 23.0 Å². The summed E-state index contributed by atoms with van der Waals surface area (Å²) in [5.74, 6) is 0.292. The first kappa shape index (κ1) is 23.9. The number of nitrogens with two attached hydrogens (primary N) is 1. The molecule has 0 amide bonds. The van der Waals surface area contributed by atoms with Crippen LogP contribution < -0.4 is 5.73 Å². The van der Waals surface area contributed by atoms with Gasteiger partial charge in [-0.05, 0) is 78.3 Å². The highest BCUT2D eigenvalue weighted by molar-refractivity contribution is 5.84. The van der Waals surface area contributed by atoms with Crippen molar-refractivity contribution in [2.24, 2.45) is 0 Å². The molecule has 3 N–H and O–H groups in total. The number of aryl methyl sites for hydroxylation is 1. The summed E-state index contributed by atoms with van der Waals surface area (Å²) in [7, 11) is 0. The normalized spacial score (nSPS) is 14.3. The second-order valence-electron chi connectivity index (χ2n) is 10.3. The molecular formula is C31H29N5O2. The fourth-order valence-corrected chi connectivity index (χ4v) is 5.30. The van der Waals surface area contributed by atoms with Gasteiger partial charge in [-0.15, -0.1) is 0 Å². The van der Waals surface area contributed by atoms with Crippen molar-refractivity contribution in [3.63, 3.8) is 0 Å². The molecule has 0 saturated heterocycles. The molecule has 0 spiro atoms. The number of pyridine rings is 2. The first-order valence-corrected chi connectivity index (χ1v) is 12.9. The van der Waals surface area contributed by atoms with E-state index in [1.807, 2.05) is 53.1 Å². The van der Waals surface area contributed by atoms with Crippen LogP contribution in [0.4, 0.5) is 5.82 Å². The van der Waals surface area contributed by atoms with E-state index in [0.29, 0.717) is 18.1 Å². The summed E-state index contributed by atoms with van der Waals surface area (Å²) in [5, 5.41) is 9.08. The van der Waals surface area contributed by atoms with Crippen molar-refractivity contribution in [3.8, 4) is 28.3 Å². The lowest BCUT2D eigenvalue weighted by Gasteiger charge is -2.39. The minimum absolute atomic E-state index is 0.0909. The van der Waals surface area contributed by atoms with Crippen LogP contribution in [0.2, 0.25) is 0 Å². The zero-order valence-corrected chi connectivity index (χ0v) is 21.3. The largest absolute Gasteiger partial charge is 0.481 e. The predicted molar refractivity (Wildman–Crippen MR) is 149 cm³/mol. The summed E-state index contributed by atoms with van der Waals surface area (Å²) in [4.78, 5) is 25.3. The smallest absolute Gasteiger partial charge is 0.303 e. The summed E-state index contributed by atoms with van der Waals surface area (Å²) in [5.41, 5.74) is 13.8. The molecule has 0 atom stereocenters. The standard InChI is InChI=1S/C31H29N5O2/c1-31(16-4-17-31)22-9-11-23(12-10-22)36-29(24-7-3-18-33-28(24)32)35-26-14-13-25(34-30(26)36)21-6-2-5-20(19-21)8-15-27(37)38/h2-3,5-7,9-14,18-19H,4,8,15-17H2,1H3,(H2,32,33)(H,37,38). The third-order valence-corrected chi connectivity index (χ3v) is 7.71. The molecule has 3 aromatic heterocycles. The van der Waals surface area contributed by atoms with Crippen molar-refractivity contribution in [1.82, 2.24) is 19.5 Å². The Hall–Kier alpha value is -4.52. The van der Waals surface area contributed by atoms with E-state index < -0.39 is 5.97 Å². The Morgan fingerprint density at radius 3 is 2.55 bits per heavy atom. The number of fused-ring (bicyclic) bond motifs is 1. The van der Waals surface area contributed by atoms with E-state index >= 15 is 0 Å². The maximum Gasteiger partial charge on any atom is 0.303 e. The Kier molecular flexibility index (Phi) is 5.91. The number of imidazole rings is 1. The number of hydrogen-bond acceptors (Lipinski definition) is 5. The molecule has 0 radical (unpaired) electrons. The van der Waals surface area contributed by atoms with Gasteiger partial charge < -0.3 is 10.8 Å². The number of hydrogen-bond donors (Lipinski definition) is 2. The molecule has 190 valence electrons. The Bertz CT molecular complexity index is 1650. The van der Waals surface area contributed by atoms with Gasteiger partial charge in [0.1, 0.15) is 11.3 Å². The minimum atomic E-state index is -0.807. The maximum absolute atomic E-state index is 11.1. The van der Waals surface area contributed by atoms with Crippen LogP contribution in [0.1, 0.15) is 43.7 Å². The highest BCUT2D eigenvalue weighted by Crippen LogP contribution is 2.43. The fraction of sp³-hybridized carbons (Fsp3) is 0.226. The number of carbonyl (C=O) groups is 1. The number of benzene rings is 2. The van der Waals surface area contributed by atoms with Crippen LogP contribution in [0.15, 0.2) is 79.0 Å². The average molecular weight is 504 g/mol. The van der Waals surface area contributed by atoms with Gasteiger partial charge in [0.25, 0.3) is 0 Å². The van der Waals surface area contributed by atoms with Gasteiger partial charge in [-0.25, -0.2) is 15.0 Å². The monoisotopic (exact) mass is 503 g/mol. The molecule has 6 rings (SSSR count). The van der Waals surface area contributed by atoms with Crippen molar-refractivity contribution < 1.29 is 9.90 Å². The lowest BCUT2D eigenvalue weighted by atomic mass is 9.66. The van der Waals surface area contributed by atoms with Crippen LogP contribution in [0.5, 0.6) is 0 Å². The Morgan fingerprint density at radius 1 is 1.03 bits per heavy atom. The summed E-state index contributed by atoms with van der Waals surface area (Å²) >= 11 is 0. The van der Waals surface area contributed by atoms with Crippen molar-refractivity contribution in [3.05, 3.63) is 90.1 Å². The van der Waals surface area contributed by atoms with Crippen molar-refractivity contribution in [2.75, 3.05) is 5.73 Å². The number of aromatic nitrogens is 4. The van der Waals surface area contributed by atoms with Crippen LogP contribution in [0.25, 0.3) is 39.5 Å². The van der Waals surface area contributed by atoms with Crippen LogP contribution in [-0.4, -0.2) is 30.6 Å². The molecule has 1 aliphatic rings. The number of anilines is 1. The quantitative estimate of drug-likeness (QED) is 0.274. The van der Waals surface area contributed by atoms with E-state index in [9.17, 15) is 4.79 Å². The minimum Gasteiger partial charge on any atom is -0.481 e. The molecule has 1 saturated carbocycles. The number of carboxylic acid groups (broad SMARTS) is 1. The van der Waals surface area contributed by atoms with E-state index in [1.54, 1.807) is 6.20 Å². The molecule has 1 aliphatic carbocycles. The topological polar surface area (TPSA) is 107 Å². The zero-order valence-electron chi connectivity index (χ0n) is 21.3. The van der Waals surface area contributed by atoms with E-state index in [0.717, 1.165) is 39.2 Å². The Labute approximate surface area is 221 Å². The average Bonchev–Trinajstić information content (AvgIpc) is 3.29. The lowest BCUT2D eigenvalue weighted by Crippen LogP contribution is -2.30. The van der Waals surface area contributed by atoms with Gasteiger partial charge in [-0.3, -0.25) is 9.36 Å². The second kappa shape index (κ2) is 9.41. The summed E-state index contributed by atoms with van der Waals surface area (Å²) in [6.07, 6.45) is 5.95. The fourth-order valence-electron chi connectivity index (χ4n) is 5.30. The lowest BCUT2D eigenvalue weighted by molar-refractivity contribution is -0.136. The first-order valence-electron chi connectivity index (χ1n) is 12.9. The van der Waals surface area contributed by atoms with E-state index in [2.05, 4.69) is 36.2 Å². The number of aliphatic carboxylic acids is 1. The zero-order chi connectivity index (χ0) is 26.3. The first-order chi connectivity index (χ1) is 18.4. The number of nitrogens with zero attached hydrogens (tertiary/aromatic N) is 4. The van der Waals surface area contributed by atoms with Crippen molar-refractivity contribution in [2.45, 2.75) is 44.4 Å². The third-order valence-electron chi connectivity index (χ3n) is 7.71. The molecule has 38 heavy (non-hydrogen) atoms. The van der Waals surface area contributed by atoms with Gasteiger partial charge >= 0.3 is 5.97 Å². The van der Waals surface area contributed by atoms with Gasteiger partial charge in [-0.1, -0.05) is 43.7 Å². The molecule has 7 heteroatoms. The molecule has 0 aliphatic heterocycles. The van der Waals surface area contributed by atoms with Gasteiger partial charge in [0.15, 0.2) is 11.5 Å². The summed E-state index contributed by atoms with van der Waals surface area (Å²) in [6.45, 7) is 2.33. The Balaban J connectivity index is 1.49. The van der Waals surface area contributed by atoms with E-state index in [4.69, 9.17) is 20.8 Å². The molecule has 2 aromatic carbocycles. The second-order valence-corrected chi connectivity index (χ2v) is 10.3. The van der Waals surface area contributed by atoms with Gasteiger partial charge in [-0.2, -0.15) is 0 Å². The number of rotatable bonds is 7. The van der Waals surface area contributed by atoms with Gasteiger partial charge in [0.05, 0.1) is 11.3 Å². The number of carboxylic acids is 1. The molecular weight excluding hydrogens is 474 g/mol. The van der Waals surface area contributed by atoms with Crippen LogP contribution in [0.3, 0.4) is 0 Å². The summed E-state index contributed by atoms with van der Waals surface area (Å²) < 4.78 is 2.05. The van der Waals surface area contributed by atoms with Crippen LogP contribution >= 0.6 is 0 Å². The molecule has 0 unspecified atom stereocenters. The third kappa shape index (κ3) is 4.30. The van der Waals surface area contributed by atoms with E-state index in [1.165, 1.54) is 24.8 Å². The van der Waals surface area contributed by atoms with E-state index in [-0.39, 0.29) is 11.8 Å². The molecule has 0 bridgehead atoms. The van der Waals surface area contributed by atoms with Crippen LogP contribution in [0, 0.1) is 0 Å². The Morgan fingerprint density at radius 2 is 1.84 bits per heavy atom. The maximum atomic E-state index is 11.1. The molecule has 7 nitrogen and oxygen atoms in total. The summed E-state index contributed by atoms with van der Waals surface area (Å²) in [6, 6.07) is 24.3. The SMILES string of the molecule is CC1(c2ccc(-n3c(-c4cccnc4N)nc4ccc(-c5cccc(CCC(=O)O)c5)nc43)cc2)CCC1. The van der Waals surface area contributed by atoms with Gasteiger partial charge in [0.2, 0.25) is 0 Å². The van der Waals surface area contributed by atoms with Gasteiger partial charge in [0, 0.05) is 23.9 Å². The number of nitrogen functional groups attached to an aromatic ring is 1. The molecule has 3 heterocycles.